The molecule has 146 valence electrons. The summed E-state index contributed by atoms with van der Waals surface area (Å²) in [6.07, 6.45) is -0.607. The van der Waals surface area contributed by atoms with Gasteiger partial charge in [-0.15, -0.1) is 11.3 Å². The van der Waals surface area contributed by atoms with Gasteiger partial charge in [-0.25, -0.2) is 9.78 Å². The fourth-order valence-electron chi connectivity index (χ4n) is 2.80. The molecule has 0 saturated heterocycles. The molecule has 3 aromatic rings. The van der Waals surface area contributed by atoms with Gasteiger partial charge in [0.05, 0.1) is 18.4 Å². The lowest BCUT2D eigenvalue weighted by Crippen LogP contribution is -2.18. The summed E-state index contributed by atoms with van der Waals surface area (Å²) < 4.78 is 10.4. The van der Waals surface area contributed by atoms with Crippen molar-refractivity contribution >= 4 is 33.5 Å². The molecule has 2 aromatic heterocycles. The lowest BCUT2D eigenvalue weighted by molar-refractivity contribution is -0.148. The first-order valence-electron chi connectivity index (χ1n) is 8.84. The van der Waals surface area contributed by atoms with Crippen molar-refractivity contribution < 1.29 is 19.1 Å². The summed E-state index contributed by atoms with van der Waals surface area (Å²) in [6.45, 7) is 5.29. The second-order valence-electron chi connectivity index (χ2n) is 6.20. The van der Waals surface area contributed by atoms with Crippen molar-refractivity contribution in [1.82, 2.24) is 9.97 Å². The number of fused-ring (bicyclic) bond motifs is 1. The number of carbonyl (C=O) groups excluding carboxylic acids is 2. The normalized spacial score (nSPS) is 12.0. The Morgan fingerprint density at radius 2 is 1.96 bits per heavy atom. The number of ether oxygens (including phenoxy) is 2. The van der Waals surface area contributed by atoms with Crippen molar-refractivity contribution in [2.24, 2.45) is 0 Å². The first-order chi connectivity index (χ1) is 13.4. The van der Waals surface area contributed by atoms with E-state index in [0.29, 0.717) is 20.7 Å². The molecule has 1 N–H and O–H groups in total. The molecule has 0 saturated carbocycles. The van der Waals surface area contributed by atoms with E-state index in [1.165, 1.54) is 0 Å². The van der Waals surface area contributed by atoms with E-state index < -0.39 is 18.0 Å². The van der Waals surface area contributed by atoms with Gasteiger partial charge in [0.1, 0.15) is 9.71 Å². The maximum Gasteiger partial charge on any atom is 0.348 e. The van der Waals surface area contributed by atoms with Gasteiger partial charge in [-0.2, -0.15) is 0 Å². The van der Waals surface area contributed by atoms with Gasteiger partial charge >= 0.3 is 11.9 Å². The summed E-state index contributed by atoms with van der Waals surface area (Å²) in [7, 11) is 0. The molecule has 0 aliphatic heterocycles. The van der Waals surface area contributed by atoms with Crippen LogP contribution >= 0.6 is 11.3 Å². The number of thiophene rings is 1. The lowest BCUT2D eigenvalue weighted by atomic mass is 10.1. The SMILES string of the molecule is CCOC(=O)c1sc2nc([C@H](C)OC(=O)Cc3ccccc3)[nH]c(=O)c2c1C. The second kappa shape index (κ2) is 8.35. The van der Waals surface area contributed by atoms with Crippen LogP contribution in [0.4, 0.5) is 0 Å². The number of hydrogen-bond donors (Lipinski definition) is 1. The zero-order chi connectivity index (χ0) is 20.3. The van der Waals surface area contributed by atoms with Gasteiger partial charge < -0.3 is 14.5 Å². The van der Waals surface area contributed by atoms with E-state index >= 15 is 0 Å². The molecule has 0 radical (unpaired) electrons. The molecule has 8 heteroatoms. The molecule has 0 aliphatic carbocycles. The zero-order valence-electron chi connectivity index (χ0n) is 15.8. The van der Waals surface area contributed by atoms with Crippen molar-refractivity contribution in [2.45, 2.75) is 33.3 Å². The number of aryl methyl sites for hydroxylation is 1. The predicted molar refractivity (Wildman–Crippen MR) is 106 cm³/mol. The molecular formula is C20H20N2O5S. The van der Waals surface area contributed by atoms with Crippen molar-refractivity contribution in [1.29, 1.82) is 0 Å². The summed E-state index contributed by atoms with van der Waals surface area (Å²) in [4.78, 5) is 44.5. The number of nitrogens with zero attached hydrogens (tertiary/aromatic N) is 1. The summed E-state index contributed by atoms with van der Waals surface area (Å²) in [5.74, 6) is -0.669. The van der Waals surface area contributed by atoms with Gasteiger partial charge in [0.2, 0.25) is 0 Å². The van der Waals surface area contributed by atoms with E-state index in [0.717, 1.165) is 16.9 Å². The maximum atomic E-state index is 12.5. The highest BCUT2D eigenvalue weighted by molar-refractivity contribution is 7.20. The Bertz CT molecular complexity index is 1070. The van der Waals surface area contributed by atoms with Crippen LogP contribution in [-0.2, 0) is 20.7 Å². The van der Waals surface area contributed by atoms with E-state index in [2.05, 4.69) is 9.97 Å². The monoisotopic (exact) mass is 400 g/mol. The number of benzene rings is 1. The van der Waals surface area contributed by atoms with Crippen molar-refractivity contribution in [2.75, 3.05) is 6.61 Å². The van der Waals surface area contributed by atoms with Crippen LogP contribution in [0.15, 0.2) is 35.1 Å². The molecule has 1 atom stereocenters. The summed E-state index contributed by atoms with van der Waals surface area (Å²) in [5.41, 5.74) is 0.993. The van der Waals surface area contributed by atoms with Gasteiger partial charge in [0.15, 0.2) is 11.9 Å². The minimum Gasteiger partial charge on any atom is -0.462 e. The number of esters is 2. The Hall–Kier alpha value is -3.00. The fourth-order valence-corrected chi connectivity index (χ4v) is 3.88. The zero-order valence-corrected chi connectivity index (χ0v) is 16.6. The van der Waals surface area contributed by atoms with Gasteiger partial charge in [0, 0.05) is 0 Å². The highest BCUT2D eigenvalue weighted by Gasteiger charge is 2.22. The maximum absolute atomic E-state index is 12.5. The average Bonchev–Trinajstić information content (AvgIpc) is 2.99. The molecule has 0 spiro atoms. The van der Waals surface area contributed by atoms with E-state index in [1.54, 1.807) is 20.8 Å². The minimum atomic E-state index is -0.734. The molecule has 0 aliphatic rings. The highest BCUT2D eigenvalue weighted by Crippen LogP contribution is 2.28. The molecule has 1 aromatic carbocycles. The van der Waals surface area contributed by atoms with Crippen LogP contribution in [0, 0.1) is 6.92 Å². The standard InChI is InChI=1S/C20H20N2O5S/c1-4-26-20(25)16-11(2)15-18(24)21-17(22-19(15)28-16)12(3)27-14(23)10-13-8-6-5-7-9-13/h5-9,12H,4,10H2,1-3H3,(H,21,22,24)/t12-/m0/s1. The first kappa shape index (κ1) is 19.8. The predicted octanol–water partition coefficient (Wildman–Crippen LogP) is 3.32. The van der Waals surface area contributed by atoms with E-state index in [-0.39, 0.29) is 24.4 Å². The van der Waals surface area contributed by atoms with Crippen LogP contribution in [0.2, 0.25) is 0 Å². The number of hydrogen-bond acceptors (Lipinski definition) is 7. The van der Waals surface area contributed by atoms with Gasteiger partial charge in [-0.05, 0) is 31.9 Å². The van der Waals surface area contributed by atoms with Gasteiger partial charge in [-0.1, -0.05) is 30.3 Å². The largest absolute Gasteiger partial charge is 0.462 e. The van der Waals surface area contributed by atoms with Crippen LogP contribution in [0.1, 0.15) is 46.6 Å². The quantitative estimate of drug-likeness (QED) is 0.638. The van der Waals surface area contributed by atoms with E-state index in [1.807, 2.05) is 30.3 Å². The number of nitrogens with one attached hydrogen (secondary N) is 1. The van der Waals surface area contributed by atoms with Crippen molar-refractivity contribution in [3.8, 4) is 0 Å². The average molecular weight is 400 g/mol. The Balaban J connectivity index is 1.83. The Morgan fingerprint density at radius 1 is 1.25 bits per heavy atom. The first-order valence-corrected chi connectivity index (χ1v) is 9.66. The van der Waals surface area contributed by atoms with E-state index in [4.69, 9.17) is 9.47 Å². The molecule has 28 heavy (non-hydrogen) atoms. The highest BCUT2D eigenvalue weighted by atomic mass is 32.1. The molecule has 0 bridgehead atoms. The minimum absolute atomic E-state index is 0.128. The Morgan fingerprint density at radius 3 is 2.64 bits per heavy atom. The lowest BCUT2D eigenvalue weighted by Gasteiger charge is -2.12. The third kappa shape index (κ3) is 4.12. The summed E-state index contributed by atoms with van der Waals surface area (Å²) >= 11 is 1.09. The van der Waals surface area contributed by atoms with Crippen LogP contribution < -0.4 is 5.56 Å². The van der Waals surface area contributed by atoms with Gasteiger partial charge in [0.25, 0.3) is 5.56 Å². The molecule has 0 fully saturated rings. The van der Waals surface area contributed by atoms with Crippen LogP contribution in [-0.4, -0.2) is 28.5 Å². The number of carbonyl (C=O) groups is 2. The third-order valence-electron chi connectivity index (χ3n) is 4.16. The summed E-state index contributed by atoms with van der Waals surface area (Å²) in [5, 5.41) is 0.347. The van der Waals surface area contributed by atoms with Gasteiger partial charge in [-0.3, -0.25) is 9.59 Å². The van der Waals surface area contributed by atoms with E-state index in [9.17, 15) is 14.4 Å². The fraction of sp³-hybridized carbons (Fsp3) is 0.300. The molecule has 2 heterocycles. The van der Waals surface area contributed by atoms with Crippen molar-refractivity contribution in [3.05, 3.63) is 62.5 Å². The Labute approximate surface area is 165 Å². The smallest absolute Gasteiger partial charge is 0.348 e. The van der Waals surface area contributed by atoms with Crippen LogP contribution in [0.3, 0.4) is 0 Å². The third-order valence-corrected chi connectivity index (χ3v) is 5.33. The van der Waals surface area contributed by atoms with Crippen LogP contribution in [0.25, 0.3) is 10.2 Å². The number of rotatable bonds is 6. The second-order valence-corrected chi connectivity index (χ2v) is 7.20. The molecule has 7 nitrogen and oxygen atoms in total. The number of H-pyrrole nitrogens is 1. The molecule has 0 unspecified atom stereocenters. The Kier molecular flexibility index (Phi) is 5.89. The molecule has 0 amide bonds. The number of aromatic nitrogens is 2. The molecule has 3 rings (SSSR count). The molecular weight excluding hydrogens is 380 g/mol. The van der Waals surface area contributed by atoms with Crippen LogP contribution in [0.5, 0.6) is 0 Å². The summed E-state index contributed by atoms with van der Waals surface area (Å²) in [6, 6.07) is 9.24. The number of aromatic amines is 1. The van der Waals surface area contributed by atoms with Crippen molar-refractivity contribution in [3.63, 3.8) is 0 Å². The topological polar surface area (TPSA) is 98.3 Å².